The maximum atomic E-state index is 5.52. The Morgan fingerprint density at radius 3 is 2.55 bits per heavy atom. The first-order valence-electron chi connectivity index (χ1n) is 6.31. The SMILES string of the molecule is CC(N=C(NN)Nc1ccccc1)c1cccc(Br)c1. The molecule has 0 amide bonds. The molecule has 0 aliphatic heterocycles. The Bertz CT molecular complexity index is 583. The van der Waals surface area contributed by atoms with Crippen molar-refractivity contribution in [1.82, 2.24) is 5.43 Å². The molecule has 4 nitrogen and oxygen atoms in total. The van der Waals surface area contributed by atoms with Crippen molar-refractivity contribution in [3.63, 3.8) is 0 Å². The molecule has 0 aliphatic carbocycles. The zero-order valence-corrected chi connectivity index (χ0v) is 12.8. The van der Waals surface area contributed by atoms with E-state index in [1.807, 2.05) is 61.5 Å². The zero-order valence-electron chi connectivity index (χ0n) is 11.2. The third-order valence-electron chi connectivity index (χ3n) is 2.83. The lowest BCUT2D eigenvalue weighted by atomic mass is 10.1. The van der Waals surface area contributed by atoms with Crippen LogP contribution in [0.15, 0.2) is 64.1 Å². The lowest BCUT2D eigenvalue weighted by Crippen LogP contribution is -2.36. The van der Waals surface area contributed by atoms with E-state index in [2.05, 4.69) is 31.7 Å². The number of hydrogen-bond donors (Lipinski definition) is 3. The second-order valence-corrected chi connectivity index (χ2v) is 5.26. The molecule has 0 radical (unpaired) electrons. The number of hydrazine groups is 1. The summed E-state index contributed by atoms with van der Waals surface area (Å²) < 4.78 is 1.04. The Balaban J connectivity index is 2.14. The number of aliphatic imine (C=N–C) groups is 1. The maximum absolute atomic E-state index is 5.52. The van der Waals surface area contributed by atoms with Gasteiger partial charge in [0.25, 0.3) is 0 Å². The second kappa shape index (κ2) is 7.07. The van der Waals surface area contributed by atoms with Crippen LogP contribution < -0.4 is 16.6 Å². The average Bonchev–Trinajstić information content (AvgIpc) is 2.47. The molecule has 2 rings (SSSR count). The van der Waals surface area contributed by atoms with Crippen molar-refractivity contribution in [2.24, 2.45) is 10.8 Å². The van der Waals surface area contributed by atoms with Crippen LogP contribution in [0.5, 0.6) is 0 Å². The summed E-state index contributed by atoms with van der Waals surface area (Å²) in [4.78, 5) is 4.55. The Kier molecular flexibility index (Phi) is 5.15. The van der Waals surface area contributed by atoms with E-state index < -0.39 is 0 Å². The van der Waals surface area contributed by atoms with Gasteiger partial charge in [-0.25, -0.2) is 10.8 Å². The Morgan fingerprint density at radius 1 is 1.15 bits per heavy atom. The molecule has 0 aliphatic rings. The molecule has 0 saturated carbocycles. The molecule has 0 spiro atoms. The fourth-order valence-corrected chi connectivity index (χ4v) is 2.22. The Morgan fingerprint density at radius 2 is 1.90 bits per heavy atom. The molecule has 1 unspecified atom stereocenters. The van der Waals surface area contributed by atoms with Crippen LogP contribution in [0.3, 0.4) is 0 Å². The summed E-state index contributed by atoms with van der Waals surface area (Å²) in [7, 11) is 0. The number of nitrogens with zero attached hydrogens (tertiary/aromatic N) is 1. The number of anilines is 1. The van der Waals surface area contributed by atoms with Crippen LogP contribution in [-0.2, 0) is 0 Å². The summed E-state index contributed by atoms with van der Waals surface area (Å²) >= 11 is 3.46. The summed E-state index contributed by atoms with van der Waals surface area (Å²) in [5.74, 6) is 6.06. The van der Waals surface area contributed by atoms with Crippen molar-refractivity contribution >= 4 is 27.6 Å². The molecule has 104 valence electrons. The molecular weight excluding hydrogens is 316 g/mol. The van der Waals surface area contributed by atoms with Crippen LogP contribution in [0, 0.1) is 0 Å². The highest BCUT2D eigenvalue weighted by molar-refractivity contribution is 9.10. The lowest BCUT2D eigenvalue weighted by molar-refractivity contribution is 0.803. The van der Waals surface area contributed by atoms with Gasteiger partial charge < -0.3 is 5.32 Å². The molecule has 20 heavy (non-hydrogen) atoms. The molecule has 0 heterocycles. The normalized spacial score (nSPS) is 12.8. The van der Waals surface area contributed by atoms with Gasteiger partial charge in [0.1, 0.15) is 0 Å². The minimum absolute atomic E-state index is 0.00485. The van der Waals surface area contributed by atoms with Crippen molar-refractivity contribution < 1.29 is 0 Å². The van der Waals surface area contributed by atoms with E-state index in [1.165, 1.54) is 0 Å². The monoisotopic (exact) mass is 332 g/mol. The molecule has 2 aromatic carbocycles. The number of nitrogens with one attached hydrogen (secondary N) is 2. The minimum atomic E-state index is -0.00485. The summed E-state index contributed by atoms with van der Waals surface area (Å²) in [5, 5.41) is 3.15. The van der Waals surface area contributed by atoms with E-state index in [0.29, 0.717) is 5.96 Å². The number of halogens is 1. The molecule has 0 fully saturated rings. The fraction of sp³-hybridized carbons (Fsp3) is 0.133. The Hall–Kier alpha value is -1.85. The van der Waals surface area contributed by atoms with Crippen molar-refractivity contribution in [3.05, 3.63) is 64.6 Å². The van der Waals surface area contributed by atoms with Crippen molar-refractivity contribution in [3.8, 4) is 0 Å². The minimum Gasteiger partial charge on any atom is -0.325 e. The second-order valence-electron chi connectivity index (χ2n) is 4.34. The van der Waals surface area contributed by atoms with Gasteiger partial charge in [0.2, 0.25) is 5.96 Å². The average molecular weight is 333 g/mol. The molecule has 0 aromatic heterocycles. The van der Waals surface area contributed by atoms with Gasteiger partial charge in [-0.1, -0.05) is 46.3 Å². The van der Waals surface area contributed by atoms with Gasteiger partial charge in [-0.05, 0) is 36.8 Å². The Labute approximate surface area is 127 Å². The number of nitrogens with two attached hydrogens (primary N) is 1. The topological polar surface area (TPSA) is 62.4 Å². The predicted octanol–water partition coefficient (Wildman–Crippen LogP) is 3.44. The third-order valence-corrected chi connectivity index (χ3v) is 3.32. The lowest BCUT2D eigenvalue weighted by Gasteiger charge is -2.13. The van der Waals surface area contributed by atoms with Crippen molar-refractivity contribution in [1.29, 1.82) is 0 Å². The van der Waals surface area contributed by atoms with E-state index in [9.17, 15) is 0 Å². The number of guanidine groups is 1. The van der Waals surface area contributed by atoms with Gasteiger partial charge >= 0.3 is 0 Å². The van der Waals surface area contributed by atoms with Crippen molar-refractivity contribution in [2.45, 2.75) is 13.0 Å². The molecular formula is C15H17BrN4. The van der Waals surface area contributed by atoms with Crippen LogP contribution in [-0.4, -0.2) is 5.96 Å². The highest BCUT2D eigenvalue weighted by atomic mass is 79.9. The van der Waals surface area contributed by atoms with Gasteiger partial charge in [0, 0.05) is 10.2 Å². The van der Waals surface area contributed by atoms with E-state index in [-0.39, 0.29) is 6.04 Å². The molecule has 0 bridgehead atoms. The number of benzene rings is 2. The largest absolute Gasteiger partial charge is 0.325 e. The van der Waals surface area contributed by atoms with Gasteiger partial charge in [-0.2, -0.15) is 0 Å². The van der Waals surface area contributed by atoms with E-state index >= 15 is 0 Å². The fourth-order valence-electron chi connectivity index (χ4n) is 1.80. The van der Waals surface area contributed by atoms with Crippen LogP contribution in [0.25, 0.3) is 0 Å². The molecule has 2 aromatic rings. The van der Waals surface area contributed by atoms with E-state index in [4.69, 9.17) is 5.84 Å². The van der Waals surface area contributed by atoms with Crippen LogP contribution >= 0.6 is 15.9 Å². The van der Waals surface area contributed by atoms with Gasteiger partial charge in [-0.3, -0.25) is 5.43 Å². The first-order chi connectivity index (χ1) is 9.69. The maximum Gasteiger partial charge on any atom is 0.210 e. The quantitative estimate of drug-likeness (QED) is 0.349. The summed E-state index contributed by atoms with van der Waals surface area (Å²) in [6, 6.07) is 17.8. The summed E-state index contributed by atoms with van der Waals surface area (Å²) in [6.45, 7) is 2.02. The molecule has 0 saturated heterocycles. The predicted molar refractivity (Wildman–Crippen MR) is 87.4 cm³/mol. The highest BCUT2D eigenvalue weighted by Gasteiger charge is 2.06. The smallest absolute Gasteiger partial charge is 0.210 e. The van der Waals surface area contributed by atoms with Gasteiger partial charge in [-0.15, -0.1) is 0 Å². The summed E-state index contributed by atoms with van der Waals surface area (Å²) in [6.07, 6.45) is 0. The highest BCUT2D eigenvalue weighted by Crippen LogP contribution is 2.20. The van der Waals surface area contributed by atoms with Crippen LogP contribution in [0.2, 0.25) is 0 Å². The van der Waals surface area contributed by atoms with E-state index in [1.54, 1.807) is 0 Å². The van der Waals surface area contributed by atoms with Crippen LogP contribution in [0.1, 0.15) is 18.5 Å². The first kappa shape index (κ1) is 14.6. The molecule has 4 N–H and O–H groups in total. The zero-order chi connectivity index (χ0) is 14.4. The molecule has 5 heteroatoms. The van der Waals surface area contributed by atoms with Crippen LogP contribution in [0.4, 0.5) is 5.69 Å². The van der Waals surface area contributed by atoms with Crippen molar-refractivity contribution in [2.75, 3.05) is 5.32 Å². The van der Waals surface area contributed by atoms with Gasteiger partial charge in [0.15, 0.2) is 0 Å². The third kappa shape index (κ3) is 4.08. The first-order valence-corrected chi connectivity index (χ1v) is 7.10. The van der Waals surface area contributed by atoms with Gasteiger partial charge in [0.05, 0.1) is 6.04 Å². The number of hydrogen-bond acceptors (Lipinski definition) is 2. The number of rotatable bonds is 3. The summed E-state index contributed by atoms with van der Waals surface area (Å²) in [5.41, 5.74) is 4.64. The molecule has 1 atom stereocenters. The standard InChI is InChI=1S/C15H17BrN4/c1-11(12-6-5-7-13(16)10-12)18-15(20-17)19-14-8-3-2-4-9-14/h2-11H,17H2,1H3,(H2,18,19,20). The van der Waals surface area contributed by atoms with E-state index in [0.717, 1.165) is 15.7 Å². The number of para-hydroxylation sites is 1.